The van der Waals surface area contributed by atoms with Gasteiger partial charge in [-0.1, -0.05) is 29.8 Å². The zero-order valence-electron chi connectivity index (χ0n) is 18.1. The van der Waals surface area contributed by atoms with E-state index >= 15 is 0 Å². The summed E-state index contributed by atoms with van der Waals surface area (Å²) in [7, 11) is -3.69. The van der Waals surface area contributed by atoms with E-state index in [9.17, 15) is 13.2 Å². The highest BCUT2D eigenvalue weighted by Crippen LogP contribution is 2.35. The largest absolute Gasteiger partial charge is 0.456 e. The van der Waals surface area contributed by atoms with Gasteiger partial charge in [-0.3, -0.25) is 4.90 Å². The Morgan fingerprint density at radius 1 is 0.912 bits per heavy atom. The molecule has 2 aliphatic heterocycles. The molecule has 0 N–H and O–H groups in total. The first kappa shape index (κ1) is 21.5. The summed E-state index contributed by atoms with van der Waals surface area (Å²) < 4.78 is 39.6. The van der Waals surface area contributed by atoms with E-state index < -0.39 is 16.1 Å². The van der Waals surface area contributed by atoms with Crippen molar-refractivity contribution in [1.29, 1.82) is 0 Å². The maximum atomic E-state index is 13.4. The van der Waals surface area contributed by atoms with E-state index in [0.29, 0.717) is 36.5 Å². The molecule has 4 aromatic rings. The molecule has 0 atom stereocenters. The topological polar surface area (TPSA) is 80.1 Å². The fourth-order valence-electron chi connectivity index (χ4n) is 4.91. The van der Waals surface area contributed by atoms with Crippen molar-refractivity contribution < 1.29 is 22.4 Å². The number of para-hydroxylation sites is 1. The number of cyclic esters (lactones) is 1. The minimum atomic E-state index is -3.69. The molecule has 2 aliphatic rings. The van der Waals surface area contributed by atoms with Crippen LogP contribution in [0, 0.1) is 0 Å². The van der Waals surface area contributed by atoms with Gasteiger partial charge in [0, 0.05) is 40.5 Å². The first-order chi connectivity index (χ1) is 16.4. The number of benzene rings is 3. The summed E-state index contributed by atoms with van der Waals surface area (Å²) in [4.78, 5) is 14.5. The molecule has 0 spiro atoms. The summed E-state index contributed by atoms with van der Waals surface area (Å²) in [6.07, 6.45) is 0.606. The third kappa shape index (κ3) is 3.45. The molecule has 1 amide bonds. The number of rotatable bonds is 3. The molecule has 174 valence electrons. The number of hydrogen-bond acceptors (Lipinski definition) is 5. The van der Waals surface area contributed by atoms with Crippen molar-refractivity contribution in [2.24, 2.45) is 0 Å². The zero-order chi connectivity index (χ0) is 23.4. The maximum Gasteiger partial charge on any atom is 0.414 e. The lowest BCUT2D eigenvalue weighted by atomic mass is 10.0. The van der Waals surface area contributed by atoms with Gasteiger partial charge in [0.05, 0.1) is 10.6 Å². The number of ether oxygens (including phenoxy) is 1. The Morgan fingerprint density at radius 2 is 1.68 bits per heavy atom. The van der Waals surface area contributed by atoms with Crippen LogP contribution in [-0.2, 0) is 21.4 Å². The molecule has 0 radical (unpaired) electrons. The Hall–Kier alpha value is -3.07. The van der Waals surface area contributed by atoms with Crippen LogP contribution >= 0.6 is 11.6 Å². The van der Waals surface area contributed by atoms with Crippen molar-refractivity contribution in [3.05, 3.63) is 71.2 Å². The van der Waals surface area contributed by atoms with E-state index in [0.717, 1.165) is 27.6 Å². The number of halogens is 1. The monoisotopic (exact) mass is 496 g/mol. The van der Waals surface area contributed by atoms with Crippen LogP contribution in [0.4, 0.5) is 10.5 Å². The second-order valence-electron chi connectivity index (χ2n) is 8.59. The molecule has 0 bridgehead atoms. The summed E-state index contributed by atoms with van der Waals surface area (Å²) in [5.74, 6) is 0. The summed E-state index contributed by atoms with van der Waals surface area (Å²) in [5, 5.41) is 2.24. The Balaban J connectivity index is 1.25. The van der Waals surface area contributed by atoms with E-state index in [2.05, 4.69) is 0 Å². The lowest BCUT2D eigenvalue weighted by Crippen LogP contribution is -2.50. The van der Waals surface area contributed by atoms with Gasteiger partial charge in [-0.15, -0.1) is 0 Å². The lowest BCUT2D eigenvalue weighted by Gasteiger charge is -2.39. The molecule has 34 heavy (non-hydrogen) atoms. The number of carbonyl (C=O) groups is 1. The number of carbonyl (C=O) groups excluding carboxylic acids is 1. The third-order valence-electron chi connectivity index (χ3n) is 6.62. The summed E-state index contributed by atoms with van der Waals surface area (Å²) in [6, 6.07) is 17.8. The molecule has 6 rings (SSSR count). The van der Waals surface area contributed by atoms with Crippen molar-refractivity contribution in [2.75, 3.05) is 18.0 Å². The number of amides is 1. The van der Waals surface area contributed by atoms with Gasteiger partial charge in [-0.2, -0.15) is 4.31 Å². The van der Waals surface area contributed by atoms with Gasteiger partial charge in [0.2, 0.25) is 10.0 Å². The van der Waals surface area contributed by atoms with Gasteiger partial charge in [0.1, 0.15) is 17.8 Å². The molecule has 1 fully saturated rings. The minimum Gasteiger partial charge on any atom is -0.456 e. The molecular formula is C25H21ClN2O5S. The molecule has 3 heterocycles. The molecular weight excluding hydrogens is 476 g/mol. The highest BCUT2D eigenvalue weighted by molar-refractivity contribution is 7.89. The molecule has 7 nitrogen and oxygen atoms in total. The minimum absolute atomic E-state index is 0.153. The number of nitrogens with zero attached hydrogens (tertiary/aromatic N) is 2. The van der Waals surface area contributed by atoms with Crippen LogP contribution < -0.4 is 4.90 Å². The van der Waals surface area contributed by atoms with Gasteiger partial charge < -0.3 is 9.15 Å². The average molecular weight is 497 g/mol. The van der Waals surface area contributed by atoms with Gasteiger partial charge in [-0.05, 0) is 55.3 Å². The van der Waals surface area contributed by atoms with Crippen molar-refractivity contribution in [3.63, 3.8) is 0 Å². The van der Waals surface area contributed by atoms with Gasteiger partial charge in [0.25, 0.3) is 0 Å². The van der Waals surface area contributed by atoms with Crippen LogP contribution in [0.25, 0.3) is 21.9 Å². The van der Waals surface area contributed by atoms with Crippen molar-refractivity contribution in [3.8, 4) is 0 Å². The Labute approximate surface area is 201 Å². The van der Waals surface area contributed by atoms with Crippen LogP contribution in [0.2, 0.25) is 5.02 Å². The normalized spacial score (nSPS) is 17.8. The van der Waals surface area contributed by atoms with Crippen LogP contribution in [-0.4, -0.2) is 37.9 Å². The standard InChI is InChI=1S/C25H21ClN2O5S/c26-17-5-7-22-16(13-17)15-32-25(29)28(22)18-9-11-27(12-10-18)34(30,31)19-6-8-24-21(14-19)20-3-1-2-4-23(20)33-24/h1-8,13-14,18H,9-12,15H2. The van der Waals surface area contributed by atoms with Crippen LogP contribution in [0.15, 0.2) is 70.0 Å². The van der Waals surface area contributed by atoms with E-state index in [4.69, 9.17) is 20.8 Å². The number of hydrogen-bond donors (Lipinski definition) is 0. The predicted octanol–water partition coefficient (Wildman–Crippen LogP) is 5.55. The first-order valence-electron chi connectivity index (χ1n) is 11.1. The second kappa shape index (κ2) is 8.01. The van der Waals surface area contributed by atoms with Crippen molar-refractivity contribution >= 4 is 55.3 Å². The molecule has 1 aromatic heterocycles. The fourth-order valence-corrected chi connectivity index (χ4v) is 6.60. The lowest BCUT2D eigenvalue weighted by molar-refractivity contribution is 0.136. The van der Waals surface area contributed by atoms with Crippen LogP contribution in [0.1, 0.15) is 18.4 Å². The summed E-state index contributed by atoms with van der Waals surface area (Å²) in [5.41, 5.74) is 3.01. The molecule has 9 heteroatoms. The maximum absolute atomic E-state index is 13.4. The number of fused-ring (bicyclic) bond motifs is 4. The fraction of sp³-hybridized carbons (Fsp3) is 0.240. The highest BCUT2D eigenvalue weighted by Gasteiger charge is 2.37. The molecule has 0 unspecified atom stereocenters. The van der Waals surface area contributed by atoms with Gasteiger partial charge >= 0.3 is 6.09 Å². The average Bonchev–Trinajstić information content (AvgIpc) is 3.22. The quantitative estimate of drug-likeness (QED) is 0.371. The van der Waals surface area contributed by atoms with Crippen molar-refractivity contribution in [1.82, 2.24) is 4.31 Å². The molecule has 3 aromatic carbocycles. The number of furan rings is 1. The van der Waals surface area contributed by atoms with Gasteiger partial charge in [0.15, 0.2) is 0 Å². The van der Waals surface area contributed by atoms with E-state index in [1.807, 2.05) is 30.3 Å². The predicted molar refractivity (Wildman–Crippen MR) is 130 cm³/mol. The number of anilines is 1. The van der Waals surface area contributed by atoms with E-state index in [-0.39, 0.29) is 17.5 Å². The number of piperidine rings is 1. The van der Waals surface area contributed by atoms with E-state index in [1.54, 1.807) is 35.2 Å². The Kier molecular flexibility index (Phi) is 5.05. The molecule has 0 aliphatic carbocycles. The van der Waals surface area contributed by atoms with Crippen LogP contribution in [0.5, 0.6) is 0 Å². The van der Waals surface area contributed by atoms with Crippen LogP contribution in [0.3, 0.4) is 0 Å². The van der Waals surface area contributed by atoms with Crippen molar-refractivity contribution in [2.45, 2.75) is 30.4 Å². The van der Waals surface area contributed by atoms with Gasteiger partial charge in [-0.25, -0.2) is 13.2 Å². The molecule has 0 saturated carbocycles. The third-order valence-corrected chi connectivity index (χ3v) is 8.75. The Morgan fingerprint density at radius 3 is 2.50 bits per heavy atom. The van der Waals surface area contributed by atoms with E-state index in [1.165, 1.54) is 4.31 Å². The highest BCUT2D eigenvalue weighted by atomic mass is 35.5. The summed E-state index contributed by atoms with van der Waals surface area (Å²) >= 11 is 6.10. The zero-order valence-corrected chi connectivity index (χ0v) is 19.7. The number of sulfonamides is 1. The summed E-state index contributed by atoms with van der Waals surface area (Å²) in [6.45, 7) is 0.803. The second-order valence-corrected chi connectivity index (χ2v) is 11.0. The molecule has 1 saturated heterocycles. The Bertz CT molecular complexity index is 1540. The first-order valence-corrected chi connectivity index (χ1v) is 12.9. The smallest absolute Gasteiger partial charge is 0.414 e. The SMILES string of the molecule is O=C1OCc2cc(Cl)ccc2N1C1CCN(S(=O)(=O)c2ccc3oc4ccccc4c3c2)CC1.